The average molecular weight is 377 g/mol. The molecule has 0 saturated carbocycles. The summed E-state index contributed by atoms with van der Waals surface area (Å²) >= 11 is 6.17. The lowest BCUT2D eigenvalue weighted by molar-refractivity contribution is 0.284. The molecule has 0 amide bonds. The minimum absolute atomic E-state index is 0.336. The largest absolute Gasteiger partial charge is 0.493 e. The van der Waals surface area contributed by atoms with E-state index in [1.165, 1.54) is 0 Å². The van der Waals surface area contributed by atoms with Crippen LogP contribution in [-0.2, 0) is 6.61 Å². The lowest BCUT2D eigenvalue weighted by Gasteiger charge is -2.12. The second-order valence-corrected chi connectivity index (χ2v) is 6.08. The molecule has 3 aromatic rings. The van der Waals surface area contributed by atoms with Gasteiger partial charge >= 0.3 is 0 Å². The molecule has 27 heavy (non-hydrogen) atoms. The molecule has 0 unspecified atom stereocenters. The maximum Gasteiger partial charge on any atom is 0.161 e. The van der Waals surface area contributed by atoms with Crippen LogP contribution in [0.2, 0.25) is 5.02 Å². The summed E-state index contributed by atoms with van der Waals surface area (Å²) in [6, 6.07) is 20.7. The molecule has 5 heteroatoms. The molecule has 1 heterocycles. The Morgan fingerprint density at radius 3 is 2.63 bits per heavy atom. The maximum absolute atomic E-state index is 9.43. The quantitative estimate of drug-likeness (QED) is 0.541. The number of ether oxygens (including phenoxy) is 2. The first-order valence-electron chi connectivity index (χ1n) is 8.28. The highest BCUT2D eigenvalue weighted by atomic mass is 35.5. The van der Waals surface area contributed by atoms with E-state index in [4.69, 9.17) is 21.1 Å². The molecule has 0 N–H and O–H groups in total. The van der Waals surface area contributed by atoms with Crippen LogP contribution in [0.3, 0.4) is 0 Å². The molecule has 0 aliphatic heterocycles. The fourth-order valence-electron chi connectivity index (χ4n) is 2.52. The van der Waals surface area contributed by atoms with Crippen LogP contribution in [0, 0.1) is 11.3 Å². The minimum Gasteiger partial charge on any atom is -0.493 e. The van der Waals surface area contributed by atoms with Gasteiger partial charge in [-0.1, -0.05) is 41.9 Å². The Morgan fingerprint density at radius 2 is 1.93 bits per heavy atom. The molecule has 4 nitrogen and oxygen atoms in total. The van der Waals surface area contributed by atoms with Crippen LogP contribution in [0.1, 0.15) is 16.8 Å². The molecule has 0 radical (unpaired) electrons. The topological polar surface area (TPSA) is 55.1 Å². The average Bonchev–Trinajstić information content (AvgIpc) is 2.72. The Bertz CT molecular complexity index is 995. The number of pyridine rings is 1. The van der Waals surface area contributed by atoms with E-state index in [-0.39, 0.29) is 0 Å². The van der Waals surface area contributed by atoms with Crippen molar-refractivity contribution in [2.24, 2.45) is 0 Å². The molecular weight excluding hydrogens is 360 g/mol. The van der Waals surface area contributed by atoms with Gasteiger partial charge in [-0.3, -0.25) is 4.98 Å². The van der Waals surface area contributed by atoms with Gasteiger partial charge < -0.3 is 9.47 Å². The fraction of sp³-hybridized carbons (Fsp3) is 0.0909. The first kappa shape index (κ1) is 18.5. The summed E-state index contributed by atoms with van der Waals surface area (Å²) in [5.41, 5.74) is 2.81. The van der Waals surface area contributed by atoms with Gasteiger partial charge in [-0.25, -0.2) is 0 Å². The van der Waals surface area contributed by atoms with Crippen molar-refractivity contribution in [3.63, 3.8) is 0 Å². The van der Waals surface area contributed by atoms with E-state index in [1.807, 2.05) is 54.6 Å². The maximum atomic E-state index is 9.43. The van der Waals surface area contributed by atoms with Gasteiger partial charge in [0.1, 0.15) is 12.7 Å². The molecule has 0 aliphatic carbocycles. The van der Waals surface area contributed by atoms with E-state index in [0.29, 0.717) is 34.4 Å². The van der Waals surface area contributed by atoms with Crippen molar-refractivity contribution in [3.8, 4) is 17.6 Å². The number of nitrogens with zero attached hydrogens (tertiary/aromatic N) is 2. The summed E-state index contributed by atoms with van der Waals surface area (Å²) < 4.78 is 11.3. The van der Waals surface area contributed by atoms with Crippen molar-refractivity contribution in [1.82, 2.24) is 4.98 Å². The van der Waals surface area contributed by atoms with E-state index in [2.05, 4.69) is 11.1 Å². The van der Waals surface area contributed by atoms with Gasteiger partial charge in [0.2, 0.25) is 0 Å². The number of hydrogen-bond acceptors (Lipinski definition) is 4. The summed E-state index contributed by atoms with van der Waals surface area (Å²) in [5.74, 6) is 1.18. The second-order valence-electron chi connectivity index (χ2n) is 5.68. The monoisotopic (exact) mass is 376 g/mol. The van der Waals surface area contributed by atoms with Gasteiger partial charge in [0.15, 0.2) is 11.5 Å². The third kappa shape index (κ3) is 4.66. The summed E-state index contributed by atoms with van der Waals surface area (Å²) in [6.45, 7) is 0.336. The lowest BCUT2D eigenvalue weighted by Crippen LogP contribution is -1.98. The number of methoxy groups -OCH3 is 1. The van der Waals surface area contributed by atoms with Crippen LogP contribution < -0.4 is 9.47 Å². The molecule has 0 saturated heterocycles. The van der Waals surface area contributed by atoms with E-state index in [1.54, 1.807) is 25.4 Å². The van der Waals surface area contributed by atoms with Crippen molar-refractivity contribution in [2.75, 3.05) is 7.11 Å². The van der Waals surface area contributed by atoms with Crippen molar-refractivity contribution < 1.29 is 9.47 Å². The highest BCUT2D eigenvalue weighted by Crippen LogP contribution is 2.31. The normalized spacial score (nSPS) is 10.9. The molecule has 1 aromatic heterocycles. The van der Waals surface area contributed by atoms with E-state index >= 15 is 0 Å². The Labute approximate surface area is 163 Å². The molecule has 0 aliphatic rings. The van der Waals surface area contributed by atoms with Gasteiger partial charge in [0.25, 0.3) is 0 Å². The number of rotatable bonds is 6. The van der Waals surface area contributed by atoms with Crippen LogP contribution in [0.5, 0.6) is 11.5 Å². The lowest BCUT2D eigenvalue weighted by atomic mass is 10.1. The predicted molar refractivity (Wildman–Crippen MR) is 106 cm³/mol. The number of benzene rings is 2. The minimum atomic E-state index is 0.336. The molecule has 134 valence electrons. The summed E-state index contributed by atoms with van der Waals surface area (Å²) in [4.78, 5) is 4.22. The molecule has 0 fully saturated rings. The van der Waals surface area contributed by atoms with Crippen molar-refractivity contribution >= 4 is 23.3 Å². The molecule has 3 rings (SSSR count). The highest BCUT2D eigenvalue weighted by molar-refractivity contribution is 6.31. The Balaban J connectivity index is 1.83. The Kier molecular flexibility index (Phi) is 6.09. The third-order valence-corrected chi connectivity index (χ3v) is 4.27. The first-order chi connectivity index (χ1) is 13.2. The molecule has 2 aromatic carbocycles. The zero-order valence-corrected chi connectivity index (χ0v) is 15.5. The smallest absolute Gasteiger partial charge is 0.161 e. The van der Waals surface area contributed by atoms with Crippen molar-refractivity contribution in [3.05, 3.63) is 88.7 Å². The zero-order valence-electron chi connectivity index (χ0n) is 14.7. The standard InChI is InChI=1S/C22H17ClN2O2/c1-26-22-13-16(12-18(14-24)20-8-4-5-11-25-20)9-10-21(22)27-15-17-6-2-3-7-19(17)23/h2-13H,15H2,1H3/b18-12+. The molecule has 0 bridgehead atoms. The highest BCUT2D eigenvalue weighted by Gasteiger charge is 2.08. The summed E-state index contributed by atoms with van der Waals surface area (Å²) in [5, 5.41) is 10.1. The van der Waals surface area contributed by atoms with Gasteiger partial charge in [-0.15, -0.1) is 0 Å². The van der Waals surface area contributed by atoms with E-state index in [9.17, 15) is 5.26 Å². The van der Waals surface area contributed by atoms with Crippen molar-refractivity contribution in [1.29, 1.82) is 5.26 Å². The molecule has 0 atom stereocenters. The number of nitriles is 1. The van der Waals surface area contributed by atoms with Crippen LogP contribution in [0.25, 0.3) is 11.6 Å². The number of halogens is 1. The SMILES string of the molecule is COc1cc(/C=C(\C#N)c2ccccn2)ccc1OCc1ccccc1Cl. The molecule has 0 spiro atoms. The van der Waals surface area contributed by atoms with Crippen LogP contribution in [0.15, 0.2) is 66.9 Å². The van der Waals surface area contributed by atoms with Crippen LogP contribution in [0.4, 0.5) is 0 Å². The van der Waals surface area contributed by atoms with E-state index in [0.717, 1.165) is 11.1 Å². The van der Waals surface area contributed by atoms with Crippen molar-refractivity contribution in [2.45, 2.75) is 6.61 Å². The van der Waals surface area contributed by atoms with Gasteiger partial charge in [0.05, 0.1) is 18.4 Å². The summed E-state index contributed by atoms with van der Waals surface area (Å²) in [7, 11) is 1.58. The number of hydrogen-bond donors (Lipinski definition) is 0. The number of aromatic nitrogens is 1. The van der Waals surface area contributed by atoms with Gasteiger partial charge in [-0.05, 0) is 42.0 Å². The Hall–Kier alpha value is -3.29. The first-order valence-corrected chi connectivity index (χ1v) is 8.66. The van der Waals surface area contributed by atoms with E-state index < -0.39 is 0 Å². The fourth-order valence-corrected chi connectivity index (χ4v) is 2.71. The third-order valence-electron chi connectivity index (χ3n) is 3.90. The zero-order chi connectivity index (χ0) is 19.1. The van der Waals surface area contributed by atoms with Gasteiger partial charge in [0, 0.05) is 16.8 Å². The number of allylic oxidation sites excluding steroid dienone is 1. The van der Waals surface area contributed by atoms with Crippen LogP contribution in [-0.4, -0.2) is 12.1 Å². The second kappa shape index (κ2) is 8.88. The van der Waals surface area contributed by atoms with Gasteiger partial charge in [-0.2, -0.15) is 5.26 Å². The molecular formula is C22H17ClN2O2. The summed E-state index contributed by atoms with van der Waals surface area (Å²) in [6.07, 6.45) is 3.43. The predicted octanol–water partition coefficient (Wildman–Crippen LogP) is 5.39. The Morgan fingerprint density at radius 1 is 1.11 bits per heavy atom. The van der Waals surface area contributed by atoms with Crippen LogP contribution >= 0.6 is 11.6 Å².